The van der Waals surface area contributed by atoms with Crippen molar-refractivity contribution in [3.63, 3.8) is 0 Å². The summed E-state index contributed by atoms with van der Waals surface area (Å²) in [7, 11) is 2.23. The van der Waals surface area contributed by atoms with E-state index in [1.54, 1.807) is 0 Å². The summed E-state index contributed by atoms with van der Waals surface area (Å²) >= 11 is 0. The Kier molecular flexibility index (Phi) is 5.89. The normalized spacial score (nSPS) is 28.4. The first-order valence-corrected chi connectivity index (χ1v) is 7.61. The molecule has 0 aromatic heterocycles. The van der Waals surface area contributed by atoms with Crippen molar-refractivity contribution in [2.45, 2.75) is 25.7 Å². The van der Waals surface area contributed by atoms with Crippen molar-refractivity contribution in [1.29, 1.82) is 0 Å². The first-order valence-electron chi connectivity index (χ1n) is 7.61. The maximum Gasteiger partial charge on any atom is 0.125 e. The van der Waals surface area contributed by atoms with Crippen LogP contribution in [0.25, 0.3) is 0 Å². The Balaban J connectivity index is 0.00000161. The van der Waals surface area contributed by atoms with Crippen LogP contribution in [0.3, 0.4) is 0 Å². The van der Waals surface area contributed by atoms with Crippen LogP contribution in [0.4, 0.5) is 0 Å². The number of hydrogen-bond acceptors (Lipinski definition) is 2. The van der Waals surface area contributed by atoms with Crippen molar-refractivity contribution in [3.05, 3.63) is 59.6 Å². The maximum absolute atomic E-state index is 6.01. The second kappa shape index (κ2) is 7.67. The molecule has 0 aromatic carbocycles. The van der Waals surface area contributed by atoms with Crippen LogP contribution >= 0.6 is 12.4 Å². The highest BCUT2D eigenvalue weighted by Gasteiger charge is 2.16. The van der Waals surface area contributed by atoms with E-state index in [1.165, 1.54) is 11.1 Å². The van der Waals surface area contributed by atoms with Crippen LogP contribution in [-0.2, 0) is 4.74 Å². The fourth-order valence-corrected chi connectivity index (χ4v) is 2.98. The Morgan fingerprint density at radius 2 is 2.05 bits per heavy atom. The van der Waals surface area contributed by atoms with Gasteiger partial charge in [0.05, 0.1) is 6.26 Å². The van der Waals surface area contributed by atoms with E-state index in [0.717, 1.165) is 44.5 Å². The summed E-state index contributed by atoms with van der Waals surface area (Å²) in [5.74, 6) is 1.55. The van der Waals surface area contributed by atoms with Gasteiger partial charge in [-0.25, -0.2) is 0 Å². The minimum atomic E-state index is 0. The molecule has 0 radical (unpaired) electrons. The highest BCUT2D eigenvalue weighted by molar-refractivity contribution is 5.85. The van der Waals surface area contributed by atoms with Gasteiger partial charge in [-0.3, -0.25) is 0 Å². The molecule has 0 amide bonds. The Hall–Kier alpha value is -1.25. The molecule has 0 saturated heterocycles. The van der Waals surface area contributed by atoms with Gasteiger partial charge >= 0.3 is 0 Å². The van der Waals surface area contributed by atoms with Crippen molar-refractivity contribution in [3.8, 4) is 0 Å². The van der Waals surface area contributed by atoms with Crippen molar-refractivity contribution in [2.75, 3.05) is 20.1 Å². The molecule has 3 aliphatic rings. The predicted octanol–water partition coefficient (Wildman–Crippen LogP) is 4.38. The third-order valence-electron chi connectivity index (χ3n) is 4.34. The molecular weight excluding hydrogens is 282 g/mol. The summed E-state index contributed by atoms with van der Waals surface area (Å²) in [4.78, 5) is 2.44. The van der Waals surface area contributed by atoms with Crippen LogP contribution < -0.4 is 0 Å². The average molecular weight is 306 g/mol. The van der Waals surface area contributed by atoms with E-state index in [2.05, 4.69) is 48.4 Å². The van der Waals surface area contributed by atoms with Crippen LogP contribution in [0.1, 0.15) is 25.7 Å². The Morgan fingerprint density at radius 3 is 2.95 bits per heavy atom. The van der Waals surface area contributed by atoms with Gasteiger partial charge in [0.15, 0.2) is 0 Å². The molecule has 0 fully saturated rings. The van der Waals surface area contributed by atoms with Gasteiger partial charge < -0.3 is 9.64 Å². The Labute approximate surface area is 134 Å². The van der Waals surface area contributed by atoms with Crippen LogP contribution in [0, 0.1) is 5.92 Å². The molecule has 0 saturated carbocycles. The van der Waals surface area contributed by atoms with Gasteiger partial charge in [0.1, 0.15) is 5.76 Å². The molecule has 1 unspecified atom stereocenters. The van der Waals surface area contributed by atoms with Gasteiger partial charge in [-0.2, -0.15) is 0 Å². The molecule has 2 nitrogen and oxygen atoms in total. The van der Waals surface area contributed by atoms with Gasteiger partial charge in [0.25, 0.3) is 0 Å². The lowest BCUT2D eigenvalue weighted by Crippen LogP contribution is -2.23. The minimum Gasteiger partial charge on any atom is -0.465 e. The van der Waals surface area contributed by atoms with E-state index in [0.29, 0.717) is 5.92 Å². The molecule has 2 aliphatic carbocycles. The molecular formula is C18H24ClNO. The van der Waals surface area contributed by atoms with Crippen LogP contribution in [0.15, 0.2) is 59.6 Å². The number of fused-ring (bicyclic) bond motifs is 1. The first kappa shape index (κ1) is 16.1. The maximum atomic E-state index is 6.01. The lowest BCUT2D eigenvalue weighted by Gasteiger charge is -2.21. The van der Waals surface area contributed by atoms with Gasteiger partial charge in [0.2, 0.25) is 0 Å². The predicted molar refractivity (Wildman–Crippen MR) is 90.3 cm³/mol. The topological polar surface area (TPSA) is 12.5 Å². The van der Waals surface area contributed by atoms with Crippen molar-refractivity contribution < 1.29 is 4.74 Å². The van der Waals surface area contributed by atoms with Crippen LogP contribution in [-0.4, -0.2) is 25.0 Å². The molecule has 3 rings (SSSR count). The van der Waals surface area contributed by atoms with Crippen LogP contribution in [0.5, 0.6) is 0 Å². The van der Waals surface area contributed by atoms with Crippen LogP contribution in [0.2, 0.25) is 0 Å². The minimum absolute atomic E-state index is 0. The molecule has 0 bridgehead atoms. The average Bonchev–Trinajstić information content (AvgIpc) is 2.52. The molecule has 0 aromatic rings. The molecule has 1 aliphatic heterocycles. The summed E-state index contributed by atoms with van der Waals surface area (Å²) in [6.07, 6.45) is 19.6. The van der Waals surface area contributed by atoms with Gasteiger partial charge in [-0.15, -0.1) is 12.4 Å². The van der Waals surface area contributed by atoms with E-state index >= 15 is 0 Å². The van der Waals surface area contributed by atoms with E-state index in [1.807, 2.05) is 6.26 Å². The molecule has 1 atom stereocenters. The van der Waals surface area contributed by atoms with Gasteiger partial charge in [-0.05, 0) is 56.5 Å². The largest absolute Gasteiger partial charge is 0.465 e. The van der Waals surface area contributed by atoms with Gasteiger partial charge in [0, 0.05) is 12.5 Å². The smallest absolute Gasteiger partial charge is 0.125 e. The molecule has 0 spiro atoms. The number of hydrogen-bond donors (Lipinski definition) is 0. The van der Waals surface area contributed by atoms with E-state index in [4.69, 9.17) is 4.74 Å². The molecule has 21 heavy (non-hydrogen) atoms. The van der Waals surface area contributed by atoms with Crippen molar-refractivity contribution >= 4 is 12.4 Å². The lowest BCUT2D eigenvalue weighted by atomic mass is 9.92. The number of rotatable bonds is 0. The number of ether oxygens (including phenoxy) is 1. The van der Waals surface area contributed by atoms with Crippen molar-refractivity contribution in [2.24, 2.45) is 5.92 Å². The number of allylic oxidation sites excluding steroid dienone is 7. The monoisotopic (exact) mass is 305 g/mol. The molecule has 1 heterocycles. The molecule has 114 valence electrons. The fraction of sp³-hybridized carbons (Fsp3) is 0.444. The Morgan fingerprint density at radius 1 is 1.14 bits per heavy atom. The third kappa shape index (κ3) is 4.12. The van der Waals surface area contributed by atoms with Gasteiger partial charge in [-0.1, -0.05) is 30.4 Å². The summed E-state index contributed by atoms with van der Waals surface area (Å²) < 4.78 is 6.01. The summed E-state index contributed by atoms with van der Waals surface area (Å²) in [5.41, 5.74) is 2.75. The van der Waals surface area contributed by atoms with E-state index in [9.17, 15) is 0 Å². The number of halogens is 1. The number of nitrogens with zero attached hydrogens (tertiary/aromatic N) is 1. The fourth-order valence-electron chi connectivity index (χ4n) is 2.98. The zero-order chi connectivity index (χ0) is 13.8. The quantitative estimate of drug-likeness (QED) is 0.658. The summed E-state index contributed by atoms with van der Waals surface area (Å²) in [6, 6.07) is 0. The third-order valence-corrected chi connectivity index (χ3v) is 4.34. The lowest BCUT2D eigenvalue weighted by molar-refractivity contribution is 0.321. The Bertz CT molecular complexity index is 513. The van der Waals surface area contributed by atoms with E-state index < -0.39 is 0 Å². The zero-order valence-corrected chi connectivity index (χ0v) is 13.4. The highest BCUT2D eigenvalue weighted by Crippen LogP contribution is 2.28. The SMILES string of the molecule is CN1CCC2=C(C=CCC2)O/C=C2/C=CC=CC2CC1.Cl. The van der Waals surface area contributed by atoms with Crippen molar-refractivity contribution in [1.82, 2.24) is 4.90 Å². The second-order valence-corrected chi connectivity index (χ2v) is 5.84. The zero-order valence-electron chi connectivity index (χ0n) is 12.6. The molecule has 0 N–H and O–H groups in total. The molecule has 3 heteroatoms. The summed E-state index contributed by atoms with van der Waals surface area (Å²) in [5, 5.41) is 0. The standard InChI is InChI=1S/C18H23NO.ClH/c1-19-12-10-15-6-2-3-8-17(15)14-20-18-9-5-4-7-16(18)11-13-19;/h2-3,5-6,8-9,14-15H,4,7,10-13H2,1H3;1H/b17-14-;. The first-order chi connectivity index (χ1) is 9.83. The highest BCUT2D eigenvalue weighted by atomic mass is 35.5. The van der Waals surface area contributed by atoms with E-state index in [-0.39, 0.29) is 12.4 Å². The second-order valence-electron chi connectivity index (χ2n) is 5.84. The summed E-state index contributed by atoms with van der Waals surface area (Å²) in [6.45, 7) is 2.26.